The van der Waals surface area contributed by atoms with Crippen LogP contribution in [-0.4, -0.2) is 62.1 Å². The van der Waals surface area contributed by atoms with Gasteiger partial charge in [0.15, 0.2) is 0 Å². The lowest BCUT2D eigenvalue weighted by Gasteiger charge is -2.22. The fourth-order valence-electron chi connectivity index (χ4n) is 2.97. The fraction of sp³-hybridized carbons (Fsp3) is 0.611. The molecule has 1 aromatic rings. The number of aryl methyl sites for hydroxylation is 1. The molecule has 0 bridgehead atoms. The number of hydrogen-bond donors (Lipinski definition) is 0. The zero-order valence-electron chi connectivity index (χ0n) is 15.1. The third kappa shape index (κ3) is 4.94. The molecule has 0 fully saturated rings. The van der Waals surface area contributed by atoms with Crippen LogP contribution in [0, 0.1) is 18.3 Å². The molecule has 1 aliphatic rings. The lowest BCUT2D eigenvalue weighted by atomic mass is 10.0. The molecule has 7 heteroatoms. The van der Waals surface area contributed by atoms with Gasteiger partial charge in [-0.1, -0.05) is 11.8 Å². The highest BCUT2D eigenvalue weighted by atomic mass is 32.2. The first-order valence-corrected chi connectivity index (χ1v) is 9.41. The maximum atomic E-state index is 12.5. The minimum atomic E-state index is 0.00272. The number of hydrogen-bond acceptors (Lipinski definition) is 6. The van der Waals surface area contributed by atoms with E-state index >= 15 is 0 Å². The molecule has 0 aliphatic heterocycles. The van der Waals surface area contributed by atoms with E-state index in [1.807, 2.05) is 6.92 Å². The second-order valence-electron chi connectivity index (χ2n) is 5.96. The lowest BCUT2D eigenvalue weighted by molar-refractivity contribution is -0.129. The second-order valence-corrected chi connectivity index (χ2v) is 6.93. The van der Waals surface area contributed by atoms with Crippen LogP contribution in [0.5, 0.6) is 0 Å². The number of aromatic nitrogens is 1. The van der Waals surface area contributed by atoms with Gasteiger partial charge in [-0.3, -0.25) is 4.79 Å². The van der Waals surface area contributed by atoms with Gasteiger partial charge in [0.1, 0.15) is 11.1 Å². The van der Waals surface area contributed by atoms with Crippen LogP contribution in [0.25, 0.3) is 0 Å². The number of pyridine rings is 1. The Labute approximate surface area is 153 Å². The summed E-state index contributed by atoms with van der Waals surface area (Å²) in [7, 11) is 3.23. The molecule has 136 valence electrons. The highest BCUT2D eigenvalue weighted by Crippen LogP contribution is 2.31. The van der Waals surface area contributed by atoms with Crippen molar-refractivity contribution in [1.82, 2.24) is 9.88 Å². The van der Waals surface area contributed by atoms with Crippen LogP contribution in [0.4, 0.5) is 0 Å². The molecule has 1 aromatic heterocycles. The molecular formula is C18H25N3O3S. The van der Waals surface area contributed by atoms with Crippen LogP contribution in [0.15, 0.2) is 5.03 Å². The number of nitriles is 1. The van der Waals surface area contributed by atoms with Crippen LogP contribution in [0.3, 0.4) is 0 Å². The number of nitrogens with zero attached hydrogens (tertiary/aromatic N) is 3. The molecule has 1 heterocycles. The predicted molar refractivity (Wildman–Crippen MR) is 96.8 cm³/mol. The van der Waals surface area contributed by atoms with Crippen LogP contribution in [0.1, 0.15) is 28.8 Å². The summed E-state index contributed by atoms with van der Waals surface area (Å²) < 4.78 is 10.1. The largest absolute Gasteiger partial charge is 0.383 e. The Kier molecular flexibility index (Phi) is 7.69. The van der Waals surface area contributed by atoms with Gasteiger partial charge < -0.3 is 14.4 Å². The van der Waals surface area contributed by atoms with Gasteiger partial charge in [0.2, 0.25) is 5.91 Å². The molecule has 6 nitrogen and oxygen atoms in total. The predicted octanol–water partition coefficient (Wildman–Crippen LogP) is 1.96. The van der Waals surface area contributed by atoms with E-state index in [1.54, 1.807) is 19.1 Å². The average molecular weight is 363 g/mol. The fourth-order valence-corrected chi connectivity index (χ4v) is 3.93. The Morgan fingerprint density at radius 2 is 1.96 bits per heavy atom. The van der Waals surface area contributed by atoms with Gasteiger partial charge in [0.05, 0.1) is 24.5 Å². The summed E-state index contributed by atoms with van der Waals surface area (Å²) in [4.78, 5) is 18.9. The molecule has 0 saturated carbocycles. The smallest absolute Gasteiger partial charge is 0.233 e. The van der Waals surface area contributed by atoms with Crippen molar-refractivity contribution in [2.24, 2.45) is 0 Å². The van der Waals surface area contributed by atoms with Gasteiger partial charge in [-0.15, -0.1) is 0 Å². The molecule has 0 radical (unpaired) electrons. The molecule has 0 atom stereocenters. The number of carbonyl (C=O) groups excluding carboxylic acids is 1. The van der Waals surface area contributed by atoms with E-state index in [4.69, 9.17) is 9.47 Å². The van der Waals surface area contributed by atoms with Crippen molar-refractivity contribution in [2.45, 2.75) is 31.2 Å². The molecule has 1 amide bonds. The average Bonchev–Trinajstić information content (AvgIpc) is 3.08. The zero-order valence-corrected chi connectivity index (χ0v) is 15.9. The second kappa shape index (κ2) is 9.76. The Bertz CT molecular complexity index is 650. The summed E-state index contributed by atoms with van der Waals surface area (Å²) >= 11 is 1.35. The van der Waals surface area contributed by atoms with E-state index in [-0.39, 0.29) is 11.7 Å². The van der Waals surface area contributed by atoms with E-state index in [9.17, 15) is 10.1 Å². The summed E-state index contributed by atoms with van der Waals surface area (Å²) in [5.41, 5.74) is 3.94. The minimum absolute atomic E-state index is 0.00272. The molecule has 0 spiro atoms. The van der Waals surface area contributed by atoms with E-state index in [0.29, 0.717) is 36.9 Å². The van der Waals surface area contributed by atoms with Crippen molar-refractivity contribution in [3.05, 3.63) is 22.4 Å². The number of amides is 1. The van der Waals surface area contributed by atoms with Crippen molar-refractivity contribution in [2.75, 3.05) is 46.3 Å². The lowest BCUT2D eigenvalue weighted by Crippen LogP contribution is -2.37. The van der Waals surface area contributed by atoms with Crippen molar-refractivity contribution >= 4 is 17.7 Å². The first-order valence-electron chi connectivity index (χ1n) is 8.43. The number of thioether (sulfide) groups is 1. The SMILES string of the molecule is COCCN(CCOC)C(=O)CSc1nc2c(c(C)c1C#N)CCC2. The third-order valence-corrected chi connectivity index (χ3v) is 5.35. The van der Waals surface area contributed by atoms with E-state index in [0.717, 1.165) is 30.5 Å². The zero-order chi connectivity index (χ0) is 18.2. The molecular weight excluding hydrogens is 338 g/mol. The summed E-state index contributed by atoms with van der Waals surface area (Å²) in [6, 6.07) is 2.27. The third-order valence-electron chi connectivity index (χ3n) is 4.39. The minimum Gasteiger partial charge on any atom is -0.383 e. The molecule has 1 aliphatic carbocycles. The van der Waals surface area contributed by atoms with Gasteiger partial charge in [0.25, 0.3) is 0 Å². The summed E-state index contributed by atoms with van der Waals surface area (Å²) in [6.07, 6.45) is 3.04. The van der Waals surface area contributed by atoms with Crippen LogP contribution in [-0.2, 0) is 27.1 Å². The Hall–Kier alpha value is -1.62. The van der Waals surface area contributed by atoms with Crippen molar-refractivity contribution in [3.63, 3.8) is 0 Å². The first-order chi connectivity index (χ1) is 12.1. The summed E-state index contributed by atoms with van der Waals surface area (Å²) in [5, 5.41) is 10.2. The van der Waals surface area contributed by atoms with Crippen LogP contribution < -0.4 is 0 Å². The Balaban J connectivity index is 2.07. The number of rotatable bonds is 9. The number of fused-ring (bicyclic) bond motifs is 1. The molecule has 0 aromatic carbocycles. The normalized spacial score (nSPS) is 12.7. The van der Waals surface area contributed by atoms with Crippen molar-refractivity contribution < 1.29 is 14.3 Å². The van der Waals surface area contributed by atoms with Gasteiger partial charge >= 0.3 is 0 Å². The number of methoxy groups -OCH3 is 2. The van der Waals surface area contributed by atoms with Crippen LogP contribution >= 0.6 is 11.8 Å². The Morgan fingerprint density at radius 1 is 1.28 bits per heavy atom. The van der Waals surface area contributed by atoms with Gasteiger partial charge in [-0.2, -0.15) is 5.26 Å². The van der Waals surface area contributed by atoms with Gasteiger partial charge in [0, 0.05) is 33.0 Å². The first kappa shape index (κ1) is 19.7. The topological polar surface area (TPSA) is 75.5 Å². The molecule has 0 unspecified atom stereocenters. The summed E-state index contributed by atoms with van der Waals surface area (Å²) in [5.74, 6) is 0.260. The highest BCUT2D eigenvalue weighted by molar-refractivity contribution is 8.00. The molecule has 25 heavy (non-hydrogen) atoms. The number of carbonyl (C=O) groups is 1. The Morgan fingerprint density at radius 3 is 2.56 bits per heavy atom. The molecule has 0 saturated heterocycles. The molecule has 2 rings (SSSR count). The maximum absolute atomic E-state index is 12.5. The maximum Gasteiger partial charge on any atom is 0.233 e. The monoisotopic (exact) mass is 363 g/mol. The van der Waals surface area contributed by atoms with Gasteiger partial charge in [-0.05, 0) is 37.3 Å². The molecule has 0 N–H and O–H groups in total. The van der Waals surface area contributed by atoms with Crippen molar-refractivity contribution in [1.29, 1.82) is 5.26 Å². The van der Waals surface area contributed by atoms with E-state index < -0.39 is 0 Å². The quantitative estimate of drug-likeness (QED) is 0.625. The highest BCUT2D eigenvalue weighted by Gasteiger charge is 2.22. The number of ether oxygens (including phenoxy) is 2. The van der Waals surface area contributed by atoms with Gasteiger partial charge in [-0.25, -0.2) is 4.98 Å². The summed E-state index contributed by atoms with van der Waals surface area (Å²) in [6.45, 7) is 4.02. The van der Waals surface area contributed by atoms with E-state index in [2.05, 4.69) is 11.1 Å². The van der Waals surface area contributed by atoms with E-state index in [1.165, 1.54) is 17.3 Å². The van der Waals surface area contributed by atoms with Crippen LogP contribution in [0.2, 0.25) is 0 Å². The standard InChI is InChI=1S/C18H25N3O3S/c1-13-14-5-4-6-16(14)20-18(15(13)11-19)25-12-17(22)21(7-9-23-2)8-10-24-3/h4-10,12H2,1-3H3. The van der Waals surface area contributed by atoms with Crippen molar-refractivity contribution in [3.8, 4) is 6.07 Å².